The first-order valence-corrected chi connectivity index (χ1v) is 8.91. The van der Waals surface area contributed by atoms with Crippen LogP contribution in [0.5, 0.6) is 0 Å². The molecule has 0 spiro atoms. The van der Waals surface area contributed by atoms with Crippen LogP contribution in [0.1, 0.15) is 57.8 Å². The number of aliphatic hydroxyl groups is 1. The van der Waals surface area contributed by atoms with Gasteiger partial charge in [-0.2, -0.15) is 0 Å². The normalized spacial score (nSPS) is 34.7. The van der Waals surface area contributed by atoms with E-state index in [0.717, 1.165) is 45.1 Å². The maximum Gasteiger partial charge on any atom is 0.254 e. The second kappa shape index (κ2) is 5.22. The zero-order valence-corrected chi connectivity index (χ0v) is 13.2. The molecule has 122 valence electrons. The van der Waals surface area contributed by atoms with Gasteiger partial charge in [0, 0.05) is 31.6 Å². The number of amides is 2. The number of likely N-dealkylation sites (tertiary alicyclic amines) is 2. The predicted octanol–water partition coefficient (Wildman–Crippen LogP) is 1.29. The quantitative estimate of drug-likeness (QED) is 0.836. The molecule has 5 nitrogen and oxygen atoms in total. The monoisotopic (exact) mass is 306 g/mol. The maximum absolute atomic E-state index is 12.7. The minimum absolute atomic E-state index is 0.0571. The summed E-state index contributed by atoms with van der Waals surface area (Å²) in [7, 11) is 0. The zero-order valence-electron chi connectivity index (χ0n) is 13.2. The second-order valence-electron chi connectivity index (χ2n) is 7.68. The Labute approximate surface area is 131 Å². The Morgan fingerprint density at radius 1 is 1.14 bits per heavy atom. The van der Waals surface area contributed by atoms with E-state index in [4.69, 9.17) is 0 Å². The third-order valence-corrected chi connectivity index (χ3v) is 6.12. The van der Waals surface area contributed by atoms with Crippen molar-refractivity contribution in [2.24, 2.45) is 5.92 Å². The minimum atomic E-state index is -1.10. The molecule has 2 saturated carbocycles. The van der Waals surface area contributed by atoms with Crippen LogP contribution in [0.4, 0.5) is 0 Å². The number of fused-ring (bicyclic) bond motifs is 1. The molecule has 0 aromatic heterocycles. The molecule has 1 N–H and O–H groups in total. The molecule has 2 atom stereocenters. The van der Waals surface area contributed by atoms with Crippen molar-refractivity contribution in [2.45, 2.75) is 75.5 Å². The fourth-order valence-corrected chi connectivity index (χ4v) is 4.77. The molecule has 0 aromatic carbocycles. The smallest absolute Gasteiger partial charge is 0.254 e. The van der Waals surface area contributed by atoms with Gasteiger partial charge in [-0.1, -0.05) is 0 Å². The van der Waals surface area contributed by atoms with Gasteiger partial charge in [0.2, 0.25) is 5.91 Å². The standard InChI is InChI=1S/C17H26N2O3/c20-15-6-3-12-11-18(16(21)17(22)8-1-2-9-17)10-7-14(12)19(15)13-4-5-13/h12-14,22H,1-11H2. The summed E-state index contributed by atoms with van der Waals surface area (Å²) in [5.74, 6) is 0.664. The summed E-state index contributed by atoms with van der Waals surface area (Å²) >= 11 is 0. The number of hydrogen-bond acceptors (Lipinski definition) is 3. The lowest BCUT2D eigenvalue weighted by atomic mass is 9.82. The highest BCUT2D eigenvalue weighted by Crippen LogP contribution is 2.40. The van der Waals surface area contributed by atoms with E-state index in [2.05, 4.69) is 4.90 Å². The summed E-state index contributed by atoms with van der Waals surface area (Å²) in [5.41, 5.74) is -1.10. The van der Waals surface area contributed by atoms with Crippen LogP contribution in [-0.2, 0) is 9.59 Å². The Bertz CT molecular complexity index is 482. The Morgan fingerprint density at radius 3 is 2.55 bits per heavy atom. The number of carbonyl (C=O) groups excluding carboxylic acids is 2. The first-order valence-electron chi connectivity index (χ1n) is 8.91. The molecule has 2 heterocycles. The molecule has 2 unspecified atom stereocenters. The van der Waals surface area contributed by atoms with Gasteiger partial charge in [-0.05, 0) is 57.3 Å². The molecule has 4 fully saturated rings. The highest BCUT2D eigenvalue weighted by Gasteiger charge is 2.48. The van der Waals surface area contributed by atoms with Crippen molar-refractivity contribution in [3.8, 4) is 0 Å². The van der Waals surface area contributed by atoms with E-state index in [-0.39, 0.29) is 5.91 Å². The van der Waals surface area contributed by atoms with E-state index in [1.54, 1.807) is 0 Å². The average Bonchev–Trinajstić information content (AvgIpc) is 3.26. The predicted molar refractivity (Wildman–Crippen MR) is 81.0 cm³/mol. The van der Waals surface area contributed by atoms with Crippen LogP contribution in [0, 0.1) is 5.92 Å². The molecule has 4 rings (SSSR count). The van der Waals surface area contributed by atoms with Gasteiger partial charge < -0.3 is 14.9 Å². The first kappa shape index (κ1) is 14.5. The molecular weight excluding hydrogens is 280 g/mol. The van der Waals surface area contributed by atoms with Gasteiger partial charge in [0.25, 0.3) is 5.91 Å². The SMILES string of the molecule is O=C1CCC2CN(C(=O)C3(O)CCCC3)CCC2N1C1CC1. The van der Waals surface area contributed by atoms with Gasteiger partial charge in [-0.15, -0.1) is 0 Å². The van der Waals surface area contributed by atoms with Crippen LogP contribution < -0.4 is 0 Å². The fourth-order valence-electron chi connectivity index (χ4n) is 4.77. The van der Waals surface area contributed by atoms with Gasteiger partial charge in [-0.25, -0.2) is 0 Å². The number of hydrogen-bond donors (Lipinski definition) is 1. The van der Waals surface area contributed by atoms with E-state index < -0.39 is 5.60 Å². The van der Waals surface area contributed by atoms with Gasteiger partial charge >= 0.3 is 0 Å². The second-order valence-corrected chi connectivity index (χ2v) is 7.68. The zero-order chi connectivity index (χ0) is 15.3. The molecule has 22 heavy (non-hydrogen) atoms. The number of carbonyl (C=O) groups is 2. The van der Waals surface area contributed by atoms with Crippen LogP contribution in [0.25, 0.3) is 0 Å². The molecule has 2 aliphatic heterocycles. The van der Waals surface area contributed by atoms with Gasteiger partial charge in [0.1, 0.15) is 5.60 Å². The third-order valence-electron chi connectivity index (χ3n) is 6.12. The van der Waals surface area contributed by atoms with Crippen LogP contribution in [0.15, 0.2) is 0 Å². The van der Waals surface area contributed by atoms with Crippen LogP contribution in [-0.4, -0.2) is 57.5 Å². The summed E-state index contributed by atoms with van der Waals surface area (Å²) in [6.07, 6.45) is 7.84. The van der Waals surface area contributed by atoms with Gasteiger partial charge in [0.05, 0.1) is 0 Å². The summed E-state index contributed by atoms with van der Waals surface area (Å²) in [5, 5.41) is 10.5. The highest BCUT2D eigenvalue weighted by atomic mass is 16.3. The summed E-state index contributed by atoms with van der Waals surface area (Å²) in [6.45, 7) is 1.42. The van der Waals surface area contributed by atoms with Crippen molar-refractivity contribution in [2.75, 3.05) is 13.1 Å². The molecule has 5 heteroatoms. The molecule has 0 bridgehead atoms. The summed E-state index contributed by atoms with van der Waals surface area (Å²) in [4.78, 5) is 28.9. The lowest BCUT2D eigenvalue weighted by molar-refractivity contribution is -0.156. The number of rotatable bonds is 2. The molecule has 0 radical (unpaired) electrons. The summed E-state index contributed by atoms with van der Waals surface area (Å²) in [6, 6.07) is 0.803. The van der Waals surface area contributed by atoms with Crippen molar-refractivity contribution in [1.82, 2.24) is 9.80 Å². The van der Waals surface area contributed by atoms with E-state index >= 15 is 0 Å². The highest BCUT2D eigenvalue weighted by molar-refractivity contribution is 5.85. The van der Waals surface area contributed by atoms with Crippen molar-refractivity contribution >= 4 is 11.8 Å². The van der Waals surface area contributed by atoms with E-state index in [9.17, 15) is 14.7 Å². The van der Waals surface area contributed by atoms with E-state index in [1.807, 2.05) is 4.90 Å². The van der Waals surface area contributed by atoms with Gasteiger partial charge in [0.15, 0.2) is 0 Å². The van der Waals surface area contributed by atoms with Crippen molar-refractivity contribution < 1.29 is 14.7 Å². The van der Waals surface area contributed by atoms with E-state index in [1.165, 1.54) is 0 Å². The Hall–Kier alpha value is -1.10. The van der Waals surface area contributed by atoms with Crippen LogP contribution in [0.2, 0.25) is 0 Å². The van der Waals surface area contributed by atoms with Crippen molar-refractivity contribution in [3.63, 3.8) is 0 Å². The van der Waals surface area contributed by atoms with E-state index in [0.29, 0.717) is 49.7 Å². The Kier molecular flexibility index (Phi) is 3.44. The first-order chi connectivity index (χ1) is 10.6. The average molecular weight is 306 g/mol. The van der Waals surface area contributed by atoms with Crippen molar-refractivity contribution in [3.05, 3.63) is 0 Å². The topological polar surface area (TPSA) is 60.9 Å². The van der Waals surface area contributed by atoms with Crippen molar-refractivity contribution in [1.29, 1.82) is 0 Å². The Balaban J connectivity index is 1.45. The molecular formula is C17H26N2O3. The van der Waals surface area contributed by atoms with Crippen LogP contribution >= 0.6 is 0 Å². The number of piperidine rings is 2. The Morgan fingerprint density at radius 2 is 1.86 bits per heavy atom. The number of nitrogens with zero attached hydrogens (tertiary/aromatic N) is 2. The minimum Gasteiger partial charge on any atom is -0.380 e. The molecule has 2 amide bonds. The van der Waals surface area contributed by atoms with Gasteiger partial charge in [-0.3, -0.25) is 9.59 Å². The third kappa shape index (κ3) is 2.34. The largest absolute Gasteiger partial charge is 0.380 e. The lowest BCUT2D eigenvalue weighted by Crippen LogP contribution is -2.59. The molecule has 2 saturated heterocycles. The molecule has 2 aliphatic carbocycles. The maximum atomic E-state index is 12.7. The lowest BCUT2D eigenvalue weighted by Gasteiger charge is -2.48. The van der Waals surface area contributed by atoms with Crippen LogP contribution in [0.3, 0.4) is 0 Å². The molecule has 0 aromatic rings. The summed E-state index contributed by atoms with van der Waals surface area (Å²) < 4.78 is 0. The fraction of sp³-hybridized carbons (Fsp3) is 0.882. The molecule has 4 aliphatic rings.